The second kappa shape index (κ2) is 10.6. The van der Waals surface area contributed by atoms with Gasteiger partial charge in [-0.15, -0.1) is 0 Å². The van der Waals surface area contributed by atoms with Crippen molar-refractivity contribution in [3.63, 3.8) is 0 Å². The fourth-order valence-electron chi connectivity index (χ4n) is 3.07. The van der Waals surface area contributed by atoms with E-state index in [-0.39, 0.29) is 18.2 Å². The van der Waals surface area contributed by atoms with Crippen molar-refractivity contribution in [2.45, 2.75) is 46.8 Å². The molecular weight excluding hydrogens is 382 g/mol. The van der Waals surface area contributed by atoms with E-state index in [9.17, 15) is 8.78 Å². The van der Waals surface area contributed by atoms with E-state index in [0.717, 1.165) is 17.0 Å². The zero-order chi connectivity index (χ0) is 21.4. The van der Waals surface area contributed by atoms with E-state index in [1.165, 1.54) is 13.2 Å². The van der Waals surface area contributed by atoms with Crippen LogP contribution in [0.2, 0.25) is 0 Å². The fraction of sp³-hybridized carbons (Fsp3) is 0.500. The highest BCUT2D eigenvalue weighted by Crippen LogP contribution is 2.26. The van der Waals surface area contributed by atoms with Gasteiger partial charge in [0.05, 0.1) is 19.3 Å². The normalized spacial score (nSPS) is 12.8. The first-order valence-corrected chi connectivity index (χ1v) is 9.42. The highest BCUT2D eigenvalue weighted by molar-refractivity contribution is 5.79. The van der Waals surface area contributed by atoms with Crippen LogP contribution in [0.3, 0.4) is 0 Å². The summed E-state index contributed by atoms with van der Waals surface area (Å²) in [4.78, 5) is 4.50. The van der Waals surface area contributed by atoms with Gasteiger partial charge in [0.1, 0.15) is 17.3 Å². The Morgan fingerprint density at radius 2 is 2.03 bits per heavy atom. The Morgan fingerprint density at radius 1 is 1.28 bits per heavy atom. The minimum Gasteiger partial charge on any atom is -0.497 e. The molecule has 0 radical (unpaired) electrons. The maximum atomic E-state index is 12.7. The predicted octanol–water partition coefficient (Wildman–Crippen LogP) is 3.76. The number of guanidine groups is 1. The van der Waals surface area contributed by atoms with E-state index in [4.69, 9.17) is 9.26 Å². The van der Waals surface area contributed by atoms with Crippen molar-refractivity contribution in [1.82, 2.24) is 15.8 Å². The summed E-state index contributed by atoms with van der Waals surface area (Å²) in [6.07, 6.45) is 0. The Hall–Kier alpha value is -2.84. The summed E-state index contributed by atoms with van der Waals surface area (Å²) in [5.74, 6) is 2.13. The first-order chi connectivity index (χ1) is 13.8. The molecule has 0 amide bonds. The summed E-state index contributed by atoms with van der Waals surface area (Å²) in [6.45, 7) is 6.32. The lowest BCUT2D eigenvalue weighted by molar-refractivity contribution is -0.0504. The molecular formula is C20H28F2N4O3. The number of hydrogen-bond acceptors (Lipinski definition) is 5. The molecule has 1 aromatic heterocycles. The molecule has 1 aromatic carbocycles. The van der Waals surface area contributed by atoms with Crippen molar-refractivity contribution >= 4 is 5.96 Å². The lowest BCUT2D eigenvalue weighted by atomic mass is 10.00. The third-order valence-electron chi connectivity index (χ3n) is 4.39. The second-order valence-corrected chi connectivity index (χ2v) is 6.57. The quantitative estimate of drug-likeness (QED) is 0.484. The molecule has 1 unspecified atom stereocenters. The SMILES string of the molecule is CCNC(=NCc1cc(OC)ccc1OC(F)F)NCC(C)c1c(C)noc1C. The summed E-state index contributed by atoms with van der Waals surface area (Å²) in [6, 6.07) is 4.66. The summed E-state index contributed by atoms with van der Waals surface area (Å²) in [5, 5.41) is 10.4. The lowest BCUT2D eigenvalue weighted by Gasteiger charge is -2.16. The Morgan fingerprint density at radius 3 is 2.62 bits per heavy atom. The van der Waals surface area contributed by atoms with Crippen LogP contribution in [0.25, 0.3) is 0 Å². The molecule has 0 aliphatic heterocycles. The van der Waals surface area contributed by atoms with Gasteiger partial charge in [-0.2, -0.15) is 8.78 Å². The average molecular weight is 410 g/mol. The highest BCUT2D eigenvalue weighted by Gasteiger charge is 2.17. The number of aliphatic imine (C=N–C) groups is 1. The Bertz CT molecular complexity index is 805. The van der Waals surface area contributed by atoms with Crippen LogP contribution >= 0.6 is 0 Å². The van der Waals surface area contributed by atoms with Crippen molar-refractivity contribution in [3.8, 4) is 11.5 Å². The van der Waals surface area contributed by atoms with Crippen LogP contribution in [0.1, 0.15) is 42.3 Å². The minimum atomic E-state index is -2.91. The van der Waals surface area contributed by atoms with E-state index >= 15 is 0 Å². The maximum Gasteiger partial charge on any atom is 0.387 e. The van der Waals surface area contributed by atoms with Gasteiger partial charge in [0.25, 0.3) is 0 Å². The van der Waals surface area contributed by atoms with Gasteiger partial charge >= 0.3 is 6.61 Å². The average Bonchev–Trinajstić information content (AvgIpc) is 3.02. The van der Waals surface area contributed by atoms with Crippen molar-refractivity contribution in [1.29, 1.82) is 0 Å². The van der Waals surface area contributed by atoms with E-state index in [0.29, 0.717) is 30.4 Å². The van der Waals surface area contributed by atoms with Gasteiger partial charge in [-0.1, -0.05) is 12.1 Å². The third kappa shape index (κ3) is 6.33. The number of alkyl halides is 2. The van der Waals surface area contributed by atoms with Gasteiger partial charge in [-0.25, -0.2) is 4.99 Å². The van der Waals surface area contributed by atoms with Crippen LogP contribution in [0.5, 0.6) is 11.5 Å². The molecule has 1 heterocycles. The van der Waals surface area contributed by atoms with Gasteiger partial charge in [0, 0.05) is 30.1 Å². The standard InChI is InChI=1S/C20H28F2N4O3/c1-6-23-20(24-10-12(2)18-13(3)26-29-14(18)4)25-11-15-9-16(27-5)7-8-17(15)28-19(21)22/h7-9,12,19H,6,10-11H2,1-5H3,(H2,23,24,25). The van der Waals surface area contributed by atoms with Crippen LogP contribution < -0.4 is 20.1 Å². The zero-order valence-corrected chi connectivity index (χ0v) is 17.4. The number of rotatable bonds is 9. The monoisotopic (exact) mass is 410 g/mol. The zero-order valence-electron chi connectivity index (χ0n) is 17.4. The predicted molar refractivity (Wildman–Crippen MR) is 107 cm³/mol. The van der Waals surface area contributed by atoms with Crippen LogP contribution in [0, 0.1) is 13.8 Å². The first kappa shape index (κ1) is 22.4. The molecule has 1 atom stereocenters. The van der Waals surface area contributed by atoms with Crippen molar-refractivity contribution in [3.05, 3.63) is 40.8 Å². The molecule has 29 heavy (non-hydrogen) atoms. The van der Waals surface area contributed by atoms with E-state index < -0.39 is 6.61 Å². The number of methoxy groups -OCH3 is 1. The lowest BCUT2D eigenvalue weighted by Crippen LogP contribution is -2.39. The summed E-state index contributed by atoms with van der Waals surface area (Å²) in [5.41, 5.74) is 2.43. The van der Waals surface area contributed by atoms with Crippen LogP contribution in [-0.4, -0.2) is 37.9 Å². The summed E-state index contributed by atoms with van der Waals surface area (Å²) in [7, 11) is 1.51. The van der Waals surface area contributed by atoms with Crippen LogP contribution in [0.15, 0.2) is 27.7 Å². The number of benzene rings is 1. The largest absolute Gasteiger partial charge is 0.497 e. The number of aryl methyl sites for hydroxylation is 2. The molecule has 0 spiro atoms. The molecule has 0 aliphatic rings. The summed E-state index contributed by atoms with van der Waals surface area (Å²) < 4.78 is 40.4. The molecule has 2 rings (SSSR count). The first-order valence-electron chi connectivity index (χ1n) is 9.42. The number of halogens is 2. The van der Waals surface area contributed by atoms with Crippen LogP contribution in [-0.2, 0) is 6.54 Å². The molecule has 2 aromatic rings. The highest BCUT2D eigenvalue weighted by atomic mass is 19.3. The number of ether oxygens (including phenoxy) is 2. The smallest absolute Gasteiger partial charge is 0.387 e. The maximum absolute atomic E-state index is 12.7. The molecule has 0 saturated carbocycles. The molecule has 0 saturated heterocycles. The number of nitrogens with one attached hydrogen (secondary N) is 2. The number of hydrogen-bond donors (Lipinski definition) is 2. The fourth-order valence-corrected chi connectivity index (χ4v) is 3.07. The van der Waals surface area contributed by atoms with Crippen molar-refractivity contribution in [2.75, 3.05) is 20.2 Å². The van der Waals surface area contributed by atoms with Gasteiger partial charge < -0.3 is 24.6 Å². The van der Waals surface area contributed by atoms with E-state index in [1.54, 1.807) is 12.1 Å². The van der Waals surface area contributed by atoms with Gasteiger partial charge in [0.2, 0.25) is 0 Å². The third-order valence-corrected chi connectivity index (χ3v) is 4.39. The summed E-state index contributed by atoms with van der Waals surface area (Å²) >= 11 is 0. The number of nitrogens with zero attached hydrogens (tertiary/aromatic N) is 2. The molecule has 7 nitrogen and oxygen atoms in total. The molecule has 0 aliphatic carbocycles. The van der Waals surface area contributed by atoms with E-state index in [2.05, 4.69) is 32.4 Å². The van der Waals surface area contributed by atoms with Crippen LogP contribution in [0.4, 0.5) is 8.78 Å². The molecule has 0 fully saturated rings. The Balaban J connectivity index is 2.12. The van der Waals surface area contributed by atoms with Crippen molar-refractivity contribution < 1.29 is 22.8 Å². The second-order valence-electron chi connectivity index (χ2n) is 6.57. The molecule has 160 valence electrons. The van der Waals surface area contributed by atoms with E-state index in [1.807, 2.05) is 20.8 Å². The molecule has 2 N–H and O–H groups in total. The number of aromatic nitrogens is 1. The van der Waals surface area contributed by atoms with Gasteiger partial charge in [0.15, 0.2) is 5.96 Å². The van der Waals surface area contributed by atoms with Crippen molar-refractivity contribution in [2.24, 2.45) is 4.99 Å². The Kier molecular flexibility index (Phi) is 8.23. The van der Waals surface area contributed by atoms with Gasteiger partial charge in [-0.05, 0) is 39.0 Å². The Labute approximate surface area is 169 Å². The minimum absolute atomic E-state index is 0.0736. The molecule has 9 heteroatoms. The molecule has 0 bridgehead atoms. The topological polar surface area (TPSA) is 80.9 Å². The van der Waals surface area contributed by atoms with Gasteiger partial charge in [-0.3, -0.25) is 0 Å².